The second-order valence-corrected chi connectivity index (χ2v) is 18.5. The minimum atomic E-state index is -0.539. The molecule has 0 rings (SSSR count). The molecule has 0 radical (unpaired) electrons. The highest BCUT2D eigenvalue weighted by molar-refractivity contribution is 5.70. The van der Waals surface area contributed by atoms with E-state index in [4.69, 9.17) is 14.2 Å². The minimum absolute atomic E-state index is 0.0847. The van der Waals surface area contributed by atoms with E-state index in [1.54, 1.807) is 0 Å². The van der Waals surface area contributed by atoms with Crippen LogP contribution in [-0.4, -0.2) is 37.9 Å². The van der Waals surface area contributed by atoms with Crippen LogP contribution >= 0.6 is 0 Å². The number of rotatable bonds is 51. The maximum absolute atomic E-state index is 12.8. The Morgan fingerprint density at radius 2 is 0.677 bits per heavy atom. The number of carbonyl (C=O) groups excluding carboxylic acids is 2. The third kappa shape index (κ3) is 50.8. The Bertz CT molecular complexity index is 986. The summed E-state index contributed by atoms with van der Waals surface area (Å²) in [5, 5.41) is 0. The summed E-state index contributed by atoms with van der Waals surface area (Å²) in [4.78, 5) is 25.4. The highest BCUT2D eigenvalue weighted by Gasteiger charge is 2.17. The molecule has 1 unspecified atom stereocenters. The summed E-state index contributed by atoms with van der Waals surface area (Å²) >= 11 is 0. The van der Waals surface area contributed by atoms with Crippen molar-refractivity contribution in [2.75, 3.05) is 19.8 Å². The van der Waals surface area contributed by atoms with Gasteiger partial charge in [0.15, 0.2) is 6.10 Å². The highest BCUT2D eigenvalue weighted by atomic mass is 16.6. The van der Waals surface area contributed by atoms with Crippen LogP contribution < -0.4 is 0 Å². The fraction of sp³-hybridized carbons (Fsp3) is 0.860. The van der Waals surface area contributed by atoms with Gasteiger partial charge in [-0.1, -0.05) is 237 Å². The first-order valence-electron chi connectivity index (χ1n) is 27.5. The molecule has 5 nitrogen and oxygen atoms in total. The van der Waals surface area contributed by atoms with E-state index in [9.17, 15) is 9.59 Å². The van der Waals surface area contributed by atoms with Gasteiger partial charge in [-0.3, -0.25) is 9.59 Å². The monoisotopic (exact) mass is 871 g/mol. The van der Waals surface area contributed by atoms with E-state index in [0.29, 0.717) is 19.4 Å². The van der Waals surface area contributed by atoms with Gasteiger partial charge in [0.1, 0.15) is 6.61 Å². The number of esters is 2. The van der Waals surface area contributed by atoms with Crippen molar-refractivity contribution in [1.29, 1.82) is 0 Å². The van der Waals surface area contributed by atoms with Gasteiger partial charge in [-0.25, -0.2) is 0 Å². The van der Waals surface area contributed by atoms with Crippen molar-refractivity contribution in [2.45, 2.75) is 297 Å². The van der Waals surface area contributed by atoms with Crippen molar-refractivity contribution >= 4 is 11.9 Å². The average molecular weight is 871 g/mol. The maximum atomic E-state index is 12.8. The predicted octanol–water partition coefficient (Wildman–Crippen LogP) is 18.6. The first-order chi connectivity index (χ1) is 30.6. The fourth-order valence-electron chi connectivity index (χ4n) is 8.01. The Morgan fingerprint density at radius 1 is 0.355 bits per heavy atom. The van der Waals surface area contributed by atoms with E-state index in [-0.39, 0.29) is 25.2 Å². The van der Waals surface area contributed by atoms with Crippen molar-refractivity contribution < 1.29 is 23.8 Å². The van der Waals surface area contributed by atoms with Gasteiger partial charge in [0.05, 0.1) is 6.61 Å². The lowest BCUT2D eigenvalue weighted by molar-refractivity contribution is -0.163. The molecule has 0 aromatic heterocycles. The van der Waals surface area contributed by atoms with E-state index < -0.39 is 6.10 Å². The van der Waals surface area contributed by atoms with Crippen molar-refractivity contribution in [1.82, 2.24) is 0 Å². The molecule has 62 heavy (non-hydrogen) atoms. The molecule has 0 spiro atoms. The molecule has 0 amide bonds. The summed E-state index contributed by atoms with van der Waals surface area (Å²) in [5.41, 5.74) is 0. The Morgan fingerprint density at radius 3 is 1.13 bits per heavy atom. The van der Waals surface area contributed by atoms with Crippen molar-refractivity contribution in [3.8, 4) is 0 Å². The SMILES string of the molecule is CCCCC/C=C\C/C=C\CCCCCCCCCCOCC(COC(=O)CCCCCCCCCCCCCCCCC)OC(=O)CCCCCCC/C=C\CCCCCC. The van der Waals surface area contributed by atoms with Gasteiger partial charge in [-0.15, -0.1) is 0 Å². The van der Waals surface area contributed by atoms with Crippen LogP contribution in [0.15, 0.2) is 36.5 Å². The summed E-state index contributed by atoms with van der Waals surface area (Å²) in [5.74, 6) is -0.395. The van der Waals surface area contributed by atoms with Gasteiger partial charge in [0.2, 0.25) is 0 Å². The molecule has 0 saturated heterocycles. The molecule has 0 aliphatic heterocycles. The smallest absolute Gasteiger partial charge is 0.306 e. The number of hydrogen-bond donors (Lipinski definition) is 0. The van der Waals surface area contributed by atoms with E-state index in [1.165, 1.54) is 199 Å². The molecule has 0 heterocycles. The van der Waals surface area contributed by atoms with E-state index in [0.717, 1.165) is 57.8 Å². The van der Waals surface area contributed by atoms with Gasteiger partial charge in [0, 0.05) is 19.4 Å². The lowest BCUT2D eigenvalue weighted by Crippen LogP contribution is -2.30. The largest absolute Gasteiger partial charge is 0.462 e. The lowest BCUT2D eigenvalue weighted by atomic mass is 10.0. The Hall–Kier alpha value is -1.88. The van der Waals surface area contributed by atoms with Crippen LogP contribution in [0.25, 0.3) is 0 Å². The molecule has 364 valence electrons. The quantitative estimate of drug-likeness (QED) is 0.0346. The summed E-state index contributed by atoms with van der Waals surface area (Å²) < 4.78 is 17.4. The van der Waals surface area contributed by atoms with Crippen LogP contribution in [0.1, 0.15) is 290 Å². The average Bonchev–Trinajstić information content (AvgIpc) is 3.27. The van der Waals surface area contributed by atoms with Crippen LogP contribution in [0.2, 0.25) is 0 Å². The third-order valence-electron chi connectivity index (χ3n) is 12.1. The van der Waals surface area contributed by atoms with Crippen LogP contribution in [0.5, 0.6) is 0 Å². The second kappa shape index (κ2) is 53.5. The zero-order valence-corrected chi connectivity index (χ0v) is 41.9. The first-order valence-corrected chi connectivity index (χ1v) is 27.5. The number of ether oxygens (including phenoxy) is 3. The van der Waals surface area contributed by atoms with Gasteiger partial charge in [-0.2, -0.15) is 0 Å². The summed E-state index contributed by atoms with van der Waals surface area (Å²) in [6, 6.07) is 0. The first kappa shape index (κ1) is 60.1. The maximum Gasteiger partial charge on any atom is 0.306 e. The van der Waals surface area contributed by atoms with Crippen LogP contribution in [0.3, 0.4) is 0 Å². The Balaban J connectivity index is 4.24. The molecule has 1 atom stereocenters. The fourth-order valence-corrected chi connectivity index (χ4v) is 8.01. The molecule has 0 aromatic carbocycles. The third-order valence-corrected chi connectivity index (χ3v) is 12.1. The normalized spacial score (nSPS) is 12.4. The van der Waals surface area contributed by atoms with E-state index in [1.807, 2.05) is 0 Å². The van der Waals surface area contributed by atoms with Gasteiger partial charge in [-0.05, 0) is 77.0 Å². The van der Waals surface area contributed by atoms with Crippen molar-refractivity contribution in [3.05, 3.63) is 36.5 Å². The molecule has 5 heteroatoms. The summed E-state index contributed by atoms with van der Waals surface area (Å²) in [6.07, 6.45) is 64.4. The number of hydrogen-bond acceptors (Lipinski definition) is 5. The molecule has 0 saturated carbocycles. The number of carbonyl (C=O) groups is 2. The van der Waals surface area contributed by atoms with Crippen molar-refractivity contribution in [2.24, 2.45) is 0 Å². The molecule has 0 aliphatic carbocycles. The van der Waals surface area contributed by atoms with E-state index >= 15 is 0 Å². The molecule has 0 aromatic rings. The lowest BCUT2D eigenvalue weighted by Gasteiger charge is -2.18. The molecule has 0 fully saturated rings. The van der Waals surface area contributed by atoms with Crippen LogP contribution in [0.4, 0.5) is 0 Å². The number of unbranched alkanes of at least 4 members (excludes halogenated alkanes) is 34. The predicted molar refractivity (Wildman–Crippen MR) is 270 cm³/mol. The molecular weight excluding hydrogens is 765 g/mol. The molecule has 0 N–H and O–H groups in total. The van der Waals surface area contributed by atoms with Gasteiger partial charge >= 0.3 is 11.9 Å². The van der Waals surface area contributed by atoms with Crippen LogP contribution in [0, 0.1) is 0 Å². The molecular formula is C57H106O5. The topological polar surface area (TPSA) is 61.8 Å². The molecule has 0 aliphatic rings. The Labute approximate surface area is 387 Å². The molecule has 0 bridgehead atoms. The Kier molecular flexibility index (Phi) is 51.8. The standard InChI is InChI=1S/C57H106O5/c1-4-7-10-13-16-19-22-25-27-28-29-31-34-37-40-43-46-49-52-60-53-55(62-57(59)51-48-45-42-39-36-32-24-21-18-15-12-9-6-3)54-61-56(58)50-47-44-41-38-35-33-30-26-23-20-17-14-11-8-5-2/h16,19,21,24-25,27,55H,4-15,17-18,20,22-23,26,28-54H2,1-3H3/b19-16-,24-21-,27-25-. The summed E-state index contributed by atoms with van der Waals surface area (Å²) in [6.45, 7) is 7.82. The van der Waals surface area contributed by atoms with Gasteiger partial charge < -0.3 is 14.2 Å². The van der Waals surface area contributed by atoms with Gasteiger partial charge in [0.25, 0.3) is 0 Å². The van der Waals surface area contributed by atoms with Crippen molar-refractivity contribution in [3.63, 3.8) is 0 Å². The zero-order chi connectivity index (χ0) is 44.9. The minimum Gasteiger partial charge on any atom is -0.462 e. The highest BCUT2D eigenvalue weighted by Crippen LogP contribution is 2.16. The summed E-state index contributed by atoms with van der Waals surface area (Å²) in [7, 11) is 0. The van der Waals surface area contributed by atoms with Crippen LogP contribution in [-0.2, 0) is 23.8 Å². The van der Waals surface area contributed by atoms with E-state index in [2.05, 4.69) is 57.2 Å². The number of allylic oxidation sites excluding steroid dienone is 6. The zero-order valence-electron chi connectivity index (χ0n) is 41.9. The second-order valence-electron chi connectivity index (χ2n) is 18.5.